The Labute approximate surface area is 103 Å². The van der Waals surface area contributed by atoms with Crippen molar-refractivity contribution in [3.63, 3.8) is 0 Å². The van der Waals surface area contributed by atoms with E-state index < -0.39 is 0 Å². The van der Waals surface area contributed by atoms with E-state index in [9.17, 15) is 0 Å². The van der Waals surface area contributed by atoms with Crippen LogP contribution in [0.3, 0.4) is 0 Å². The molecule has 1 unspecified atom stereocenters. The van der Waals surface area contributed by atoms with Gasteiger partial charge < -0.3 is 4.74 Å². The van der Waals surface area contributed by atoms with Gasteiger partial charge in [0.05, 0.1) is 7.11 Å². The Morgan fingerprint density at radius 1 is 1.18 bits per heavy atom. The molecular formula is C14H22N2O. The molecule has 0 spiro atoms. The van der Waals surface area contributed by atoms with Crippen LogP contribution in [-0.2, 0) is 0 Å². The van der Waals surface area contributed by atoms with Gasteiger partial charge in [0.2, 0.25) is 0 Å². The Morgan fingerprint density at radius 2 is 1.82 bits per heavy atom. The summed E-state index contributed by atoms with van der Waals surface area (Å²) < 4.78 is 5.18. The van der Waals surface area contributed by atoms with Crippen molar-refractivity contribution in [2.75, 3.05) is 7.11 Å². The second-order valence-corrected chi connectivity index (χ2v) is 4.82. The monoisotopic (exact) mass is 234 g/mol. The van der Waals surface area contributed by atoms with E-state index in [-0.39, 0.29) is 6.04 Å². The average Bonchev–Trinajstić information content (AvgIpc) is 2.42. The fourth-order valence-corrected chi connectivity index (χ4v) is 2.78. The first-order valence-corrected chi connectivity index (χ1v) is 6.45. The zero-order valence-electron chi connectivity index (χ0n) is 10.5. The quantitative estimate of drug-likeness (QED) is 0.622. The van der Waals surface area contributed by atoms with E-state index in [0.29, 0.717) is 5.92 Å². The molecule has 0 heterocycles. The molecular weight excluding hydrogens is 212 g/mol. The normalized spacial score (nSPS) is 18.9. The first-order valence-electron chi connectivity index (χ1n) is 6.45. The number of methoxy groups -OCH3 is 1. The molecule has 0 bridgehead atoms. The van der Waals surface area contributed by atoms with E-state index in [1.54, 1.807) is 7.11 Å². The molecule has 0 aliphatic heterocycles. The molecule has 0 saturated heterocycles. The molecule has 2 rings (SSSR count). The van der Waals surface area contributed by atoms with Gasteiger partial charge in [-0.3, -0.25) is 11.3 Å². The highest BCUT2D eigenvalue weighted by Gasteiger charge is 2.23. The van der Waals surface area contributed by atoms with Gasteiger partial charge in [-0.25, -0.2) is 0 Å². The molecule has 3 N–H and O–H groups in total. The van der Waals surface area contributed by atoms with E-state index in [0.717, 1.165) is 5.75 Å². The summed E-state index contributed by atoms with van der Waals surface area (Å²) in [6.45, 7) is 0. The van der Waals surface area contributed by atoms with E-state index in [1.807, 2.05) is 12.1 Å². The average molecular weight is 234 g/mol. The van der Waals surface area contributed by atoms with E-state index in [4.69, 9.17) is 10.6 Å². The van der Waals surface area contributed by atoms with Crippen LogP contribution in [0.2, 0.25) is 0 Å². The fourth-order valence-electron chi connectivity index (χ4n) is 2.78. The van der Waals surface area contributed by atoms with Crippen molar-refractivity contribution in [3.05, 3.63) is 29.8 Å². The van der Waals surface area contributed by atoms with Crippen LogP contribution in [0.1, 0.15) is 43.7 Å². The number of nitrogens with two attached hydrogens (primary N) is 1. The summed E-state index contributed by atoms with van der Waals surface area (Å²) in [5.41, 5.74) is 4.25. The lowest BCUT2D eigenvalue weighted by atomic mass is 9.81. The summed E-state index contributed by atoms with van der Waals surface area (Å²) in [7, 11) is 1.69. The zero-order chi connectivity index (χ0) is 12.1. The third-order valence-electron chi connectivity index (χ3n) is 3.78. The van der Waals surface area contributed by atoms with Crippen molar-refractivity contribution in [3.8, 4) is 5.75 Å². The van der Waals surface area contributed by atoms with Crippen molar-refractivity contribution in [1.29, 1.82) is 0 Å². The molecule has 1 aromatic rings. The minimum absolute atomic E-state index is 0.279. The van der Waals surface area contributed by atoms with Gasteiger partial charge in [0.15, 0.2) is 0 Å². The SMILES string of the molecule is COc1ccc(C(NN)C2CCCCC2)cc1. The van der Waals surface area contributed by atoms with Gasteiger partial charge in [-0.15, -0.1) is 0 Å². The Bertz CT molecular complexity index is 331. The molecule has 1 aliphatic carbocycles. The maximum Gasteiger partial charge on any atom is 0.118 e. The zero-order valence-corrected chi connectivity index (χ0v) is 10.5. The summed E-state index contributed by atoms with van der Waals surface area (Å²) in [4.78, 5) is 0. The molecule has 1 fully saturated rings. The highest BCUT2D eigenvalue weighted by molar-refractivity contribution is 5.29. The topological polar surface area (TPSA) is 47.3 Å². The molecule has 17 heavy (non-hydrogen) atoms. The van der Waals surface area contributed by atoms with Gasteiger partial charge >= 0.3 is 0 Å². The number of hydrogen-bond acceptors (Lipinski definition) is 3. The van der Waals surface area contributed by atoms with Crippen LogP contribution in [-0.4, -0.2) is 7.11 Å². The lowest BCUT2D eigenvalue weighted by Gasteiger charge is -2.30. The van der Waals surface area contributed by atoms with Crippen LogP contribution >= 0.6 is 0 Å². The summed E-state index contributed by atoms with van der Waals surface area (Å²) >= 11 is 0. The highest BCUT2D eigenvalue weighted by atomic mass is 16.5. The lowest BCUT2D eigenvalue weighted by molar-refractivity contribution is 0.273. The lowest BCUT2D eigenvalue weighted by Crippen LogP contribution is -2.34. The fraction of sp³-hybridized carbons (Fsp3) is 0.571. The third-order valence-corrected chi connectivity index (χ3v) is 3.78. The number of hydrazine groups is 1. The highest BCUT2D eigenvalue weighted by Crippen LogP contribution is 2.34. The Morgan fingerprint density at radius 3 is 2.35 bits per heavy atom. The molecule has 1 aromatic carbocycles. The third kappa shape index (κ3) is 2.99. The van der Waals surface area contributed by atoms with Gasteiger partial charge in [0.25, 0.3) is 0 Å². The van der Waals surface area contributed by atoms with Crippen LogP contribution in [0.25, 0.3) is 0 Å². The predicted molar refractivity (Wildman–Crippen MR) is 69.6 cm³/mol. The van der Waals surface area contributed by atoms with Gasteiger partial charge in [-0.05, 0) is 36.5 Å². The molecule has 3 heteroatoms. The van der Waals surface area contributed by atoms with Crippen molar-refractivity contribution in [1.82, 2.24) is 5.43 Å². The minimum Gasteiger partial charge on any atom is -0.497 e. The van der Waals surface area contributed by atoms with Gasteiger partial charge in [0, 0.05) is 6.04 Å². The van der Waals surface area contributed by atoms with E-state index in [2.05, 4.69) is 17.6 Å². The Kier molecular flexibility index (Phi) is 4.40. The maximum atomic E-state index is 5.72. The molecule has 0 aromatic heterocycles. The molecule has 0 radical (unpaired) electrons. The van der Waals surface area contributed by atoms with Crippen molar-refractivity contribution < 1.29 is 4.74 Å². The molecule has 0 amide bonds. The van der Waals surface area contributed by atoms with E-state index >= 15 is 0 Å². The van der Waals surface area contributed by atoms with E-state index in [1.165, 1.54) is 37.7 Å². The minimum atomic E-state index is 0.279. The van der Waals surface area contributed by atoms with Crippen LogP contribution < -0.4 is 16.0 Å². The smallest absolute Gasteiger partial charge is 0.118 e. The second-order valence-electron chi connectivity index (χ2n) is 4.82. The first-order chi connectivity index (χ1) is 8.35. The molecule has 3 nitrogen and oxygen atoms in total. The van der Waals surface area contributed by atoms with Gasteiger partial charge in [-0.1, -0.05) is 31.4 Å². The number of rotatable bonds is 4. The summed E-state index contributed by atoms with van der Waals surface area (Å²) in [5.74, 6) is 7.29. The largest absolute Gasteiger partial charge is 0.497 e. The number of hydrogen-bond donors (Lipinski definition) is 2. The first kappa shape index (κ1) is 12.4. The van der Waals surface area contributed by atoms with Crippen LogP contribution in [0, 0.1) is 5.92 Å². The standard InChI is InChI=1S/C14H22N2O/c1-17-13-9-7-12(8-10-13)14(16-15)11-5-3-2-4-6-11/h7-11,14,16H,2-6,15H2,1H3. The number of benzene rings is 1. The van der Waals surface area contributed by atoms with Crippen molar-refractivity contribution in [2.24, 2.45) is 11.8 Å². The summed E-state index contributed by atoms with van der Waals surface area (Å²) in [6.07, 6.45) is 6.59. The molecule has 1 atom stereocenters. The summed E-state index contributed by atoms with van der Waals surface area (Å²) in [6, 6.07) is 8.50. The van der Waals surface area contributed by atoms with Crippen molar-refractivity contribution >= 4 is 0 Å². The van der Waals surface area contributed by atoms with Crippen LogP contribution in [0.5, 0.6) is 5.75 Å². The van der Waals surface area contributed by atoms with Crippen LogP contribution in [0.15, 0.2) is 24.3 Å². The number of ether oxygens (including phenoxy) is 1. The molecule has 1 saturated carbocycles. The summed E-state index contributed by atoms with van der Waals surface area (Å²) in [5, 5.41) is 0. The predicted octanol–water partition coefficient (Wildman–Crippen LogP) is 2.78. The van der Waals surface area contributed by atoms with Crippen molar-refractivity contribution in [2.45, 2.75) is 38.1 Å². The van der Waals surface area contributed by atoms with Gasteiger partial charge in [-0.2, -0.15) is 0 Å². The van der Waals surface area contributed by atoms with Crippen LogP contribution in [0.4, 0.5) is 0 Å². The maximum absolute atomic E-state index is 5.72. The molecule has 1 aliphatic rings. The molecule has 94 valence electrons. The van der Waals surface area contributed by atoms with Gasteiger partial charge in [0.1, 0.15) is 5.75 Å². The second kappa shape index (κ2) is 6.03. The number of nitrogens with one attached hydrogen (secondary N) is 1. The Balaban J connectivity index is 2.10. The Hall–Kier alpha value is -1.06.